The van der Waals surface area contributed by atoms with Gasteiger partial charge in [0.05, 0.1) is 6.61 Å². The molecule has 0 aliphatic carbocycles. The summed E-state index contributed by atoms with van der Waals surface area (Å²) < 4.78 is 18.5. The summed E-state index contributed by atoms with van der Waals surface area (Å²) in [6.07, 6.45) is -2.79. The average molecular weight is 299 g/mol. The standard InChI is InChI=1S/C11H14FN5O4/c12-3-1-2-11(14)7(19)6(4-18)21-8(11)17-5-15-9(13)16-10(17)20/h5-8,18-19H,3-4,14H2,(H2,13,16,20)/t6-,7+,8-,11?/m1/s1. The molecule has 2 rings (SSSR count). The molecule has 4 atom stereocenters. The van der Waals surface area contributed by atoms with Crippen molar-refractivity contribution in [1.29, 1.82) is 0 Å². The summed E-state index contributed by atoms with van der Waals surface area (Å²) in [6.45, 7) is -1.55. The molecule has 1 aromatic heterocycles. The summed E-state index contributed by atoms with van der Waals surface area (Å²) in [5, 5.41) is 19.3. The van der Waals surface area contributed by atoms with Gasteiger partial charge in [0.1, 0.15) is 25.2 Å². The summed E-state index contributed by atoms with van der Waals surface area (Å²) >= 11 is 0. The van der Waals surface area contributed by atoms with Gasteiger partial charge in [0.25, 0.3) is 0 Å². The summed E-state index contributed by atoms with van der Waals surface area (Å²) in [5.41, 5.74) is 8.62. The molecule has 0 radical (unpaired) electrons. The maximum atomic E-state index is 12.3. The Hall–Kier alpha value is -2.06. The Labute approximate surface area is 118 Å². The third-order valence-corrected chi connectivity index (χ3v) is 3.10. The number of nitrogens with zero attached hydrogens (tertiary/aromatic N) is 3. The molecule has 9 nitrogen and oxygen atoms in total. The fraction of sp³-hybridized carbons (Fsp3) is 0.545. The van der Waals surface area contributed by atoms with Crippen molar-refractivity contribution in [2.24, 2.45) is 5.73 Å². The molecule has 0 spiro atoms. The predicted octanol–water partition coefficient (Wildman–Crippen LogP) is -2.86. The van der Waals surface area contributed by atoms with Gasteiger partial charge in [0.2, 0.25) is 5.95 Å². The van der Waals surface area contributed by atoms with Gasteiger partial charge in [-0.25, -0.2) is 14.2 Å². The maximum Gasteiger partial charge on any atom is 0.354 e. The van der Waals surface area contributed by atoms with E-state index in [4.69, 9.17) is 16.2 Å². The van der Waals surface area contributed by atoms with Crippen LogP contribution in [0.1, 0.15) is 6.23 Å². The predicted molar refractivity (Wildman–Crippen MR) is 68.4 cm³/mol. The quantitative estimate of drug-likeness (QED) is 0.426. The lowest BCUT2D eigenvalue weighted by atomic mass is 9.91. The zero-order valence-corrected chi connectivity index (χ0v) is 10.8. The molecule has 0 bridgehead atoms. The number of ether oxygens (including phenoxy) is 1. The highest BCUT2D eigenvalue weighted by molar-refractivity contribution is 5.26. The number of anilines is 1. The van der Waals surface area contributed by atoms with Crippen LogP contribution in [0, 0.1) is 11.8 Å². The highest BCUT2D eigenvalue weighted by Gasteiger charge is 2.54. The van der Waals surface area contributed by atoms with Crippen molar-refractivity contribution in [2.45, 2.75) is 24.0 Å². The Morgan fingerprint density at radius 2 is 2.33 bits per heavy atom. The minimum absolute atomic E-state index is 0.244. The van der Waals surface area contributed by atoms with Gasteiger partial charge < -0.3 is 26.4 Å². The molecule has 1 aliphatic rings. The van der Waals surface area contributed by atoms with E-state index in [1.54, 1.807) is 0 Å². The molecule has 114 valence electrons. The zero-order valence-electron chi connectivity index (χ0n) is 10.8. The van der Waals surface area contributed by atoms with Gasteiger partial charge in [-0.3, -0.25) is 4.57 Å². The van der Waals surface area contributed by atoms with Crippen LogP contribution in [0.2, 0.25) is 0 Å². The normalized spacial score (nSPS) is 31.7. The van der Waals surface area contributed by atoms with Crippen molar-refractivity contribution in [2.75, 3.05) is 19.0 Å². The van der Waals surface area contributed by atoms with Crippen LogP contribution in [0.25, 0.3) is 0 Å². The number of alkyl halides is 1. The van der Waals surface area contributed by atoms with Crippen LogP contribution in [0.15, 0.2) is 11.1 Å². The van der Waals surface area contributed by atoms with Gasteiger partial charge in [-0.05, 0) is 0 Å². The van der Waals surface area contributed by atoms with Crippen molar-refractivity contribution < 1.29 is 19.3 Å². The monoisotopic (exact) mass is 299 g/mol. The molecule has 1 aromatic rings. The van der Waals surface area contributed by atoms with Gasteiger partial charge in [-0.1, -0.05) is 11.8 Å². The molecule has 1 saturated heterocycles. The van der Waals surface area contributed by atoms with Crippen molar-refractivity contribution in [3.63, 3.8) is 0 Å². The molecule has 0 aromatic carbocycles. The molecule has 2 heterocycles. The zero-order chi connectivity index (χ0) is 15.6. The van der Waals surface area contributed by atoms with Crippen molar-refractivity contribution >= 4 is 5.95 Å². The van der Waals surface area contributed by atoms with E-state index in [0.29, 0.717) is 0 Å². The molecule has 1 unspecified atom stereocenters. The first-order valence-corrected chi connectivity index (χ1v) is 5.94. The highest BCUT2D eigenvalue weighted by Crippen LogP contribution is 2.35. The van der Waals surface area contributed by atoms with E-state index in [0.717, 1.165) is 10.9 Å². The average Bonchev–Trinajstić information content (AvgIpc) is 2.70. The van der Waals surface area contributed by atoms with Crippen LogP contribution in [0.3, 0.4) is 0 Å². The number of nitrogen functional groups attached to an aromatic ring is 1. The van der Waals surface area contributed by atoms with Gasteiger partial charge in [0, 0.05) is 0 Å². The number of halogens is 1. The second-order valence-electron chi connectivity index (χ2n) is 4.43. The second-order valence-corrected chi connectivity index (χ2v) is 4.43. The largest absolute Gasteiger partial charge is 0.394 e. The molecule has 1 aliphatic heterocycles. The van der Waals surface area contributed by atoms with Crippen LogP contribution in [0.5, 0.6) is 0 Å². The van der Waals surface area contributed by atoms with Gasteiger partial charge in [-0.2, -0.15) is 4.98 Å². The molecular formula is C11H14FN5O4. The third-order valence-electron chi connectivity index (χ3n) is 3.10. The minimum Gasteiger partial charge on any atom is -0.394 e. The fourth-order valence-electron chi connectivity index (χ4n) is 2.08. The van der Waals surface area contributed by atoms with Crippen LogP contribution in [-0.4, -0.2) is 55.8 Å². The van der Waals surface area contributed by atoms with E-state index >= 15 is 0 Å². The molecule has 1 fully saturated rings. The summed E-state index contributed by atoms with van der Waals surface area (Å²) in [4.78, 5) is 18.9. The molecule has 21 heavy (non-hydrogen) atoms. The molecular weight excluding hydrogens is 285 g/mol. The number of nitrogens with two attached hydrogens (primary N) is 2. The lowest BCUT2D eigenvalue weighted by molar-refractivity contribution is -0.0480. The summed E-state index contributed by atoms with van der Waals surface area (Å²) in [6, 6.07) is 0. The number of aromatic nitrogens is 3. The lowest BCUT2D eigenvalue weighted by Crippen LogP contribution is -2.55. The lowest BCUT2D eigenvalue weighted by Gasteiger charge is -2.27. The van der Waals surface area contributed by atoms with E-state index < -0.39 is 42.9 Å². The van der Waals surface area contributed by atoms with Crippen molar-refractivity contribution in [3.8, 4) is 11.8 Å². The second kappa shape index (κ2) is 5.74. The van der Waals surface area contributed by atoms with Crippen LogP contribution in [0.4, 0.5) is 10.3 Å². The first-order chi connectivity index (χ1) is 9.93. The topological polar surface area (TPSA) is 150 Å². The first-order valence-electron chi connectivity index (χ1n) is 5.94. The maximum absolute atomic E-state index is 12.3. The van der Waals surface area contributed by atoms with E-state index in [-0.39, 0.29) is 5.95 Å². The number of hydrogen-bond acceptors (Lipinski definition) is 8. The number of aliphatic hydroxyl groups is 2. The smallest absolute Gasteiger partial charge is 0.354 e. The van der Waals surface area contributed by atoms with E-state index in [2.05, 4.69) is 21.8 Å². The Morgan fingerprint density at radius 1 is 1.62 bits per heavy atom. The Bertz CT molecular complexity index is 641. The first kappa shape index (κ1) is 15.3. The van der Waals surface area contributed by atoms with Crippen LogP contribution in [-0.2, 0) is 4.74 Å². The van der Waals surface area contributed by atoms with E-state index in [9.17, 15) is 19.4 Å². The van der Waals surface area contributed by atoms with Gasteiger partial charge in [-0.15, -0.1) is 0 Å². The summed E-state index contributed by atoms with van der Waals surface area (Å²) in [7, 11) is 0. The SMILES string of the molecule is Nc1ncn([C@@H]2O[C@H](CO)[C@H](O)C2(N)C#CCF)c(=O)n1. The van der Waals surface area contributed by atoms with E-state index in [1.807, 2.05) is 0 Å². The Kier molecular flexibility index (Phi) is 4.19. The molecule has 0 saturated carbocycles. The fourth-order valence-corrected chi connectivity index (χ4v) is 2.08. The van der Waals surface area contributed by atoms with Crippen LogP contribution < -0.4 is 17.2 Å². The molecule has 0 amide bonds. The minimum atomic E-state index is -1.80. The summed E-state index contributed by atoms with van der Waals surface area (Å²) in [5.74, 6) is 4.18. The Morgan fingerprint density at radius 3 is 2.90 bits per heavy atom. The van der Waals surface area contributed by atoms with Gasteiger partial charge in [0.15, 0.2) is 11.8 Å². The number of rotatable bonds is 2. The van der Waals surface area contributed by atoms with Crippen LogP contribution >= 0.6 is 0 Å². The van der Waals surface area contributed by atoms with Gasteiger partial charge >= 0.3 is 5.69 Å². The number of hydrogen-bond donors (Lipinski definition) is 4. The highest BCUT2D eigenvalue weighted by atomic mass is 19.1. The Balaban J connectivity index is 2.51. The molecule has 6 N–H and O–H groups in total. The van der Waals surface area contributed by atoms with Crippen molar-refractivity contribution in [3.05, 3.63) is 16.8 Å². The van der Waals surface area contributed by atoms with Crippen molar-refractivity contribution in [1.82, 2.24) is 14.5 Å². The number of aliphatic hydroxyl groups excluding tert-OH is 2. The molecule has 10 heteroatoms. The third kappa shape index (κ3) is 2.59. The van der Waals surface area contributed by atoms with E-state index in [1.165, 1.54) is 0 Å².